The zero-order chi connectivity index (χ0) is 31.3. The van der Waals surface area contributed by atoms with Crippen LogP contribution in [-0.4, -0.2) is 0 Å². The first-order valence-corrected chi connectivity index (χ1v) is 17.2. The molecular weight excluding hydrogens is 587 g/mol. The largest absolute Gasteiger partial charge is 0.310 e. The first-order valence-electron chi connectivity index (χ1n) is 16.3. The highest BCUT2D eigenvalue weighted by atomic mass is 32.1. The molecule has 9 aromatic rings. The summed E-state index contributed by atoms with van der Waals surface area (Å²) in [6.07, 6.45) is 0. The molecule has 222 valence electrons. The van der Waals surface area contributed by atoms with E-state index in [0.717, 1.165) is 5.69 Å². The van der Waals surface area contributed by atoms with Gasteiger partial charge in [-0.05, 0) is 97.0 Å². The number of rotatable bonds is 3. The van der Waals surface area contributed by atoms with Crippen molar-refractivity contribution in [3.05, 3.63) is 163 Å². The number of thiophene rings is 1. The van der Waals surface area contributed by atoms with Crippen LogP contribution in [-0.2, 0) is 5.41 Å². The minimum absolute atomic E-state index is 0.0297. The van der Waals surface area contributed by atoms with E-state index < -0.39 is 0 Å². The van der Waals surface area contributed by atoms with E-state index in [2.05, 4.69) is 170 Å². The fraction of sp³-hybridized carbons (Fsp3) is 0.0667. The number of nitrogens with zero attached hydrogens (tertiary/aromatic N) is 1. The predicted molar refractivity (Wildman–Crippen MR) is 204 cm³/mol. The van der Waals surface area contributed by atoms with Crippen molar-refractivity contribution in [2.24, 2.45) is 0 Å². The first-order chi connectivity index (χ1) is 23.0. The molecular formula is C45H31NS. The molecule has 0 bridgehead atoms. The Bertz CT molecular complexity index is 2730. The van der Waals surface area contributed by atoms with Crippen molar-refractivity contribution in [3.8, 4) is 11.1 Å². The molecule has 1 heterocycles. The quantitative estimate of drug-likeness (QED) is 0.178. The molecule has 0 aliphatic heterocycles. The molecule has 1 nitrogen and oxygen atoms in total. The van der Waals surface area contributed by atoms with E-state index in [4.69, 9.17) is 0 Å². The summed E-state index contributed by atoms with van der Waals surface area (Å²) in [5.41, 5.74) is 8.92. The molecule has 47 heavy (non-hydrogen) atoms. The maximum Gasteiger partial charge on any atom is 0.0476 e. The van der Waals surface area contributed by atoms with Gasteiger partial charge in [0.2, 0.25) is 0 Å². The van der Waals surface area contributed by atoms with Gasteiger partial charge in [-0.3, -0.25) is 0 Å². The third-order valence-corrected chi connectivity index (χ3v) is 11.5. The molecule has 0 N–H and O–H groups in total. The summed E-state index contributed by atoms with van der Waals surface area (Å²) in [6.45, 7) is 4.70. The lowest BCUT2D eigenvalue weighted by Gasteiger charge is -2.27. The lowest BCUT2D eigenvalue weighted by molar-refractivity contribution is 0.660. The predicted octanol–water partition coefficient (Wildman–Crippen LogP) is 13.3. The van der Waals surface area contributed by atoms with E-state index in [0.29, 0.717) is 0 Å². The molecule has 10 rings (SSSR count). The maximum absolute atomic E-state index is 2.45. The molecule has 0 radical (unpaired) electrons. The lowest BCUT2D eigenvalue weighted by atomic mass is 9.82. The number of hydrogen-bond acceptors (Lipinski definition) is 2. The van der Waals surface area contributed by atoms with E-state index in [-0.39, 0.29) is 5.41 Å². The average molecular weight is 618 g/mol. The maximum atomic E-state index is 2.45. The Morgan fingerprint density at radius 3 is 1.91 bits per heavy atom. The van der Waals surface area contributed by atoms with Crippen molar-refractivity contribution < 1.29 is 0 Å². The Balaban J connectivity index is 1.21. The van der Waals surface area contributed by atoms with Gasteiger partial charge in [0, 0.05) is 42.6 Å². The molecule has 0 amide bonds. The number of anilines is 3. The van der Waals surface area contributed by atoms with E-state index in [1.807, 2.05) is 11.3 Å². The van der Waals surface area contributed by atoms with Crippen LogP contribution in [0.3, 0.4) is 0 Å². The van der Waals surface area contributed by atoms with Gasteiger partial charge in [0.05, 0.1) is 0 Å². The molecule has 1 aliphatic rings. The zero-order valence-electron chi connectivity index (χ0n) is 26.3. The van der Waals surface area contributed by atoms with Crippen molar-refractivity contribution in [1.29, 1.82) is 0 Å². The Morgan fingerprint density at radius 1 is 0.426 bits per heavy atom. The fourth-order valence-corrected chi connectivity index (χ4v) is 9.25. The highest BCUT2D eigenvalue weighted by Crippen LogP contribution is 2.51. The molecule has 0 spiro atoms. The van der Waals surface area contributed by atoms with Crippen LogP contribution in [0.4, 0.5) is 17.1 Å². The summed E-state index contributed by atoms with van der Waals surface area (Å²) in [7, 11) is 0. The Labute approximate surface area is 278 Å². The van der Waals surface area contributed by atoms with Gasteiger partial charge in [-0.25, -0.2) is 0 Å². The number of hydrogen-bond donors (Lipinski definition) is 0. The zero-order valence-corrected chi connectivity index (χ0v) is 27.1. The third-order valence-electron chi connectivity index (χ3n) is 10.4. The van der Waals surface area contributed by atoms with Crippen LogP contribution in [0, 0.1) is 0 Å². The monoisotopic (exact) mass is 617 g/mol. The third kappa shape index (κ3) is 3.89. The van der Waals surface area contributed by atoms with Crippen molar-refractivity contribution in [3.63, 3.8) is 0 Å². The lowest BCUT2D eigenvalue weighted by Crippen LogP contribution is -2.15. The Hall–Kier alpha value is -5.44. The van der Waals surface area contributed by atoms with Crippen LogP contribution >= 0.6 is 11.3 Å². The van der Waals surface area contributed by atoms with Crippen LogP contribution < -0.4 is 4.90 Å². The average Bonchev–Trinajstić information content (AvgIpc) is 3.59. The molecule has 2 heteroatoms. The summed E-state index contributed by atoms with van der Waals surface area (Å²) in [5.74, 6) is 0. The van der Waals surface area contributed by atoms with Crippen LogP contribution in [0.15, 0.2) is 152 Å². The molecule has 1 aromatic heterocycles. The normalized spacial score (nSPS) is 13.5. The van der Waals surface area contributed by atoms with E-state index in [9.17, 15) is 0 Å². The molecule has 0 saturated heterocycles. The van der Waals surface area contributed by atoms with Crippen molar-refractivity contribution in [2.45, 2.75) is 19.3 Å². The van der Waals surface area contributed by atoms with E-state index in [1.54, 1.807) is 0 Å². The van der Waals surface area contributed by atoms with Crippen molar-refractivity contribution >= 4 is 80.9 Å². The smallest absolute Gasteiger partial charge is 0.0476 e. The van der Waals surface area contributed by atoms with Crippen LogP contribution in [0.1, 0.15) is 25.0 Å². The summed E-state index contributed by atoms with van der Waals surface area (Å²) >= 11 is 1.87. The minimum Gasteiger partial charge on any atom is -0.310 e. The highest BCUT2D eigenvalue weighted by Gasteiger charge is 2.35. The van der Waals surface area contributed by atoms with Gasteiger partial charge < -0.3 is 4.90 Å². The van der Waals surface area contributed by atoms with Crippen molar-refractivity contribution in [1.82, 2.24) is 0 Å². The van der Waals surface area contributed by atoms with Gasteiger partial charge in [-0.2, -0.15) is 0 Å². The highest BCUT2D eigenvalue weighted by molar-refractivity contribution is 7.25. The standard InChI is InChI=1S/C45H31NS/c1-45(2)40-13-7-5-11-36(40)39-26-32(21-24-41(39)45)46(33-20-23-38-37-12-6-8-14-42(37)47-43(38)27-33)31-19-22-35-30(25-31)18-17-29-16-15-28-9-3-4-10-34(28)44(29)35/h3-27H,1-2H3. The topological polar surface area (TPSA) is 3.24 Å². The molecule has 0 fully saturated rings. The summed E-state index contributed by atoms with van der Waals surface area (Å²) in [5, 5.41) is 10.3. The van der Waals surface area contributed by atoms with E-state index >= 15 is 0 Å². The van der Waals surface area contributed by atoms with Gasteiger partial charge in [-0.1, -0.05) is 123 Å². The van der Waals surface area contributed by atoms with Gasteiger partial charge in [0.1, 0.15) is 0 Å². The van der Waals surface area contributed by atoms with Gasteiger partial charge >= 0.3 is 0 Å². The second-order valence-corrected chi connectivity index (χ2v) is 14.5. The van der Waals surface area contributed by atoms with Crippen molar-refractivity contribution in [2.75, 3.05) is 4.90 Å². The summed E-state index contributed by atoms with van der Waals surface area (Å²) < 4.78 is 2.63. The van der Waals surface area contributed by atoms with Crippen LogP contribution in [0.25, 0.3) is 63.6 Å². The first kappa shape index (κ1) is 26.7. The second kappa shape index (κ2) is 9.78. The van der Waals surface area contributed by atoms with Crippen LogP contribution in [0.2, 0.25) is 0 Å². The SMILES string of the molecule is CC1(C)c2ccccc2-c2cc(N(c3ccc4c(ccc5ccc6ccccc6c54)c3)c3ccc4c(c3)sc3ccccc34)ccc21. The Morgan fingerprint density at radius 2 is 1.02 bits per heavy atom. The van der Waals surface area contributed by atoms with Gasteiger partial charge in [0.25, 0.3) is 0 Å². The number of fused-ring (bicyclic) bond motifs is 11. The van der Waals surface area contributed by atoms with Gasteiger partial charge in [0.15, 0.2) is 0 Å². The number of benzene rings is 8. The molecule has 1 aliphatic carbocycles. The van der Waals surface area contributed by atoms with Crippen LogP contribution in [0.5, 0.6) is 0 Å². The van der Waals surface area contributed by atoms with Gasteiger partial charge in [-0.15, -0.1) is 11.3 Å². The fourth-order valence-electron chi connectivity index (χ4n) is 8.11. The summed E-state index contributed by atoms with van der Waals surface area (Å²) in [6, 6.07) is 56.5. The minimum atomic E-state index is -0.0297. The molecule has 8 aromatic carbocycles. The van der Waals surface area contributed by atoms with E-state index in [1.165, 1.54) is 86.1 Å². The molecule has 0 atom stereocenters. The molecule has 0 saturated carbocycles. The molecule has 0 unspecified atom stereocenters. The second-order valence-electron chi connectivity index (χ2n) is 13.4. The summed E-state index contributed by atoms with van der Waals surface area (Å²) in [4.78, 5) is 2.45. The Kier molecular flexibility index (Phi) is 5.57.